The summed E-state index contributed by atoms with van der Waals surface area (Å²) in [6.07, 6.45) is 5.03. The summed E-state index contributed by atoms with van der Waals surface area (Å²) in [6.45, 7) is 1.70. The predicted molar refractivity (Wildman–Crippen MR) is 81.1 cm³/mol. The van der Waals surface area contributed by atoms with E-state index in [4.69, 9.17) is 0 Å². The average molecular weight is 282 g/mol. The smallest absolute Gasteiger partial charge is 0.253 e. The molecule has 21 heavy (non-hydrogen) atoms. The summed E-state index contributed by atoms with van der Waals surface area (Å²) in [5, 5.41) is 9.81. The van der Waals surface area contributed by atoms with Crippen molar-refractivity contribution in [1.82, 2.24) is 9.88 Å². The molecule has 2 aromatic rings. The number of nitrogens with zero attached hydrogens (tertiary/aromatic N) is 2. The molecule has 1 aliphatic heterocycles. The van der Waals surface area contributed by atoms with E-state index in [0.29, 0.717) is 11.3 Å². The molecule has 0 atom stereocenters. The van der Waals surface area contributed by atoms with E-state index in [1.54, 1.807) is 30.5 Å². The molecule has 1 saturated heterocycles. The number of carbonyl (C=O) groups is 1. The Morgan fingerprint density at radius 1 is 1.05 bits per heavy atom. The first kappa shape index (κ1) is 13.6. The number of amides is 1. The molecule has 1 amide bonds. The Balaban J connectivity index is 1.81. The molecule has 0 saturated carbocycles. The molecule has 0 aliphatic carbocycles. The van der Waals surface area contributed by atoms with Crippen LogP contribution in [0, 0.1) is 0 Å². The van der Waals surface area contributed by atoms with Gasteiger partial charge in [-0.1, -0.05) is 12.1 Å². The van der Waals surface area contributed by atoms with Gasteiger partial charge in [0.15, 0.2) is 0 Å². The van der Waals surface area contributed by atoms with E-state index in [1.807, 2.05) is 17.0 Å². The minimum absolute atomic E-state index is 0.0893. The van der Waals surface area contributed by atoms with Crippen molar-refractivity contribution in [1.29, 1.82) is 0 Å². The molecule has 4 heteroatoms. The van der Waals surface area contributed by atoms with Crippen molar-refractivity contribution in [3.63, 3.8) is 0 Å². The van der Waals surface area contributed by atoms with Crippen LogP contribution in [0.15, 0.2) is 42.6 Å². The number of aromatic nitrogens is 1. The molecule has 3 rings (SSSR count). The van der Waals surface area contributed by atoms with E-state index >= 15 is 0 Å². The summed E-state index contributed by atoms with van der Waals surface area (Å²) < 4.78 is 0. The van der Waals surface area contributed by atoms with E-state index in [1.165, 1.54) is 6.42 Å². The number of benzene rings is 1. The van der Waals surface area contributed by atoms with Crippen molar-refractivity contribution in [2.24, 2.45) is 0 Å². The third kappa shape index (κ3) is 2.89. The van der Waals surface area contributed by atoms with Crippen molar-refractivity contribution < 1.29 is 9.90 Å². The maximum Gasteiger partial charge on any atom is 0.253 e. The highest BCUT2D eigenvalue weighted by Crippen LogP contribution is 2.26. The molecular weight excluding hydrogens is 264 g/mol. The van der Waals surface area contributed by atoms with Gasteiger partial charge in [0.25, 0.3) is 5.91 Å². The second-order valence-corrected chi connectivity index (χ2v) is 5.30. The topological polar surface area (TPSA) is 53.4 Å². The van der Waals surface area contributed by atoms with Crippen LogP contribution in [-0.4, -0.2) is 34.0 Å². The van der Waals surface area contributed by atoms with Crippen LogP contribution in [0.3, 0.4) is 0 Å². The van der Waals surface area contributed by atoms with Crippen molar-refractivity contribution in [3.05, 3.63) is 48.2 Å². The Morgan fingerprint density at radius 2 is 1.76 bits per heavy atom. The van der Waals surface area contributed by atoms with E-state index in [9.17, 15) is 9.90 Å². The highest BCUT2D eigenvalue weighted by atomic mass is 16.3. The van der Waals surface area contributed by atoms with Gasteiger partial charge in [-0.2, -0.15) is 0 Å². The summed E-state index contributed by atoms with van der Waals surface area (Å²) in [6, 6.07) is 10.6. The molecule has 0 bridgehead atoms. The Bertz CT molecular complexity index is 631. The number of likely N-dealkylation sites (tertiary alicyclic amines) is 1. The maximum atomic E-state index is 12.4. The minimum Gasteiger partial charge on any atom is -0.506 e. The van der Waals surface area contributed by atoms with Gasteiger partial charge in [0.2, 0.25) is 0 Å². The first-order valence-corrected chi connectivity index (χ1v) is 7.29. The summed E-state index contributed by atoms with van der Waals surface area (Å²) in [5.41, 5.74) is 2.04. The molecule has 108 valence electrons. The maximum absolute atomic E-state index is 12.4. The third-order valence-electron chi connectivity index (χ3n) is 3.83. The Kier molecular flexibility index (Phi) is 3.86. The number of carbonyl (C=O) groups excluding carboxylic acids is 1. The molecule has 1 aromatic carbocycles. The zero-order valence-electron chi connectivity index (χ0n) is 11.8. The second-order valence-electron chi connectivity index (χ2n) is 5.30. The second kappa shape index (κ2) is 5.95. The number of pyridine rings is 1. The molecule has 0 spiro atoms. The first-order valence-electron chi connectivity index (χ1n) is 7.29. The molecule has 2 heterocycles. The Hall–Kier alpha value is -2.36. The number of rotatable bonds is 2. The number of hydrogen-bond acceptors (Lipinski definition) is 3. The fourth-order valence-corrected chi connectivity index (χ4v) is 2.67. The van der Waals surface area contributed by atoms with Gasteiger partial charge in [0, 0.05) is 30.4 Å². The molecule has 4 nitrogen and oxygen atoms in total. The van der Waals surface area contributed by atoms with Crippen LogP contribution in [0.5, 0.6) is 5.75 Å². The SMILES string of the molecule is O=C(c1ccc(-c2ncccc2O)cc1)N1CCCCC1. The van der Waals surface area contributed by atoms with Gasteiger partial charge in [-0.05, 0) is 43.5 Å². The van der Waals surface area contributed by atoms with Crippen LogP contribution in [0.25, 0.3) is 11.3 Å². The zero-order chi connectivity index (χ0) is 14.7. The van der Waals surface area contributed by atoms with Gasteiger partial charge < -0.3 is 10.0 Å². The lowest BCUT2D eigenvalue weighted by molar-refractivity contribution is 0.0724. The Morgan fingerprint density at radius 3 is 2.43 bits per heavy atom. The van der Waals surface area contributed by atoms with Crippen LogP contribution >= 0.6 is 0 Å². The van der Waals surface area contributed by atoms with Crippen LogP contribution in [0.4, 0.5) is 0 Å². The summed E-state index contributed by atoms with van der Waals surface area (Å²) in [7, 11) is 0. The lowest BCUT2D eigenvalue weighted by Crippen LogP contribution is -2.35. The first-order chi connectivity index (χ1) is 10.3. The number of hydrogen-bond donors (Lipinski definition) is 1. The highest BCUT2D eigenvalue weighted by molar-refractivity contribution is 5.94. The molecule has 1 aromatic heterocycles. The summed E-state index contributed by atoms with van der Waals surface area (Å²) >= 11 is 0. The van der Waals surface area contributed by atoms with Crippen LogP contribution < -0.4 is 0 Å². The summed E-state index contributed by atoms with van der Waals surface area (Å²) in [5.74, 6) is 0.235. The van der Waals surface area contributed by atoms with Crippen LogP contribution in [0.1, 0.15) is 29.6 Å². The van der Waals surface area contributed by atoms with Gasteiger partial charge in [0.05, 0.1) is 0 Å². The van der Waals surface area contributed by atoms with Gasteiger partial charge in [-0.25, -0.2) is 0 Å². The Labute approximate surface area is 124 Å². The number of piperidine rings is 1. The lowest BCUT2D eigenvalue weighted by Gasteiger charge is -2.26. The van der Waals surface area contributed by atoms with Crippen molar-refractivity contribution >= 4 is 5.91 Å². The van der Waals surface area contributed by atoms with Gasteiger partial charge in [-0.3, -0.25) is 9.78 Å². The molecule has 1 aliphatic rings. The van der Waals surface area contributed by atoms with Gasteiger partial charge in [-0.15, -0.1) is 0 Å². The van der Waals surface area contributed by atoms with Crippen molar-refractivity contribution in [2.45, 2.75) is 19.3 Å². The fraction of sp³-hybridized carbons (Fsp3) is 0.294. The van der Waals surface area contributed by atoms with E-state index < -0.39 is 0 Å². The average Bonchev–Trinajstić information content (AvgIpc) is 2.56. The normalized spacial score (nSPS) is 15.0. The molecule has 1 fully saturated rings. The van der Waals surface area contributed by atoms with E-state index in [2.05, 4.69) is 4.98 Å². The lowest BCUT2D eigenvalue weighted by atomic mass is 10.1. The predicted octanol–water partition coefficient (Wildman–Crippen LogP) is 3.08. The zero-order valence-corrected chi connectivity index (χ0v) is 11.8. The van der Waals surface area contributed by atoms with Crippen LogP contribution in [0.2, 0.25) is 0 Å². The standard InChI is InChI=1S/C17H18N2O2/c20-15-5-4-10-18-16(15)13-6-8-14(9-7-13)17(21)19-11-2-1-3-12-19/h4-10,20H,1-3,11-12H2. The highest BCUT2D eigenvalue weighted by Gasteiger charge is 2.18. The fourth-order valence-electron chi connectivity index (χ4n) is 2.67. The van der Waals surface area contributed by atoms with Crippen LogP contribution in [-0.2, 0) is 0 Å². The third-order valence-corrected chi connectivity index (χ3v) is 3.83. The van der Waals surface area contributed by atoms with E-state index in [0.717, 1.165) is 31.5 Å². The monoisotopic (exact) mass is 282 g/mol. The molecule has 0 unspecified atom stereocenters. The molecular formula is C17H18N2O2. The summed E-state index contributed by atoms with van der Waals surface area (Å²) in [4.78, 5) is 18.5. The van der Waals surface area contributed by atoms with Gasteiger partial charge in [0.1, 0.15) is 11.4 Å². The van der Waals surface area contributed by atoms with Crippen molar-refractivity contribution in [2.75, 3.05) is 13.1 Å². The van der Waals surface area contributed by atoms with Gasteiger partial charge >= 0.3 is 0 Å². The largest absolute Gasteiger partial charge is 0.506 e. The van der Waals surface area contributed by atoms with E-state index in [-0.39, 0.29) is 11.7 Å². The number of aromatic hydroxyl groups is 1. The minimum atomic E-state index is 0.0893. The molecule has 0 radical (unpaired) electrons. The van der Waals surface area contributed by atoms with Crippen molar-refractivity contribution in [3.8, 4) is 17.0 Å². The molecule has 1 N–H and O–H groups in total. The quantitative estimate of drug-likeness (QED) is 0.921.